The Balaban J connectivity index is 1.65. The maximum atomic E-state index is 6.73. The van der Waals surface area contributed by atoms with Gasteiger partial charge in [0.25, 0.3) is 0 Å². The van der Waals surface area contributed by atoms with Gasteiger partial charge in [-0.25, -0.2) is 5.01 Å². The van der Waals surface area contributed by atoms with Crippen LogP contribution in [0.5, 0.6) is 11.5 Å². The van der Waals surface area contributed by atoms with Gasteiger partial charge in [-0.3, -0.25) is 0 Å². The molecule has 0 aromatic heterocycles. The van der Waals surface area contributed by atoms with Crippen LogP contribution in [0.2, 0.25) is 5.02 Å². The minimum Gasteiger partial charge on any atom is -0.493 e. The second kappa shape index (κ2) is 6.64. The molecule has 3 aliphatic rings. The summed E-state index contributed by atoms with van der Waals surface area (Å²) in [7, 11) is 1.69. The van der Waals surface area contributed by atoms with Gasteiger partial charge in [-0.2, -0.15) is 5.10 Å². The maximum Gasteiger partial charge on any atom is 0.203 e. The molecule has 3 aliphatic heterocycles. The molecule has 6 heteroatoms. The first-order valence-electron chi connectivity index (χ1n) is 10.0. The lowest BCUT2D eigenvalue weighted by Crippen LogP contribution is -2.60. The standard InChI is InChI=1S/C23H25ClN2O3/c1-22(2)14-23(11-12-28-22)26-19(16-8-6-10-20(27-3)21(16)29-23)13-18(25-26)15-7-4-5-9-17(15)24/h4-10,19H,11-14H2,1-3H3/t19-,23+/m1/s1. The van der Waals surface area contributed by atoms with Crippen molar-refractivity contribution in [1.82, 2.24) is 5.01 Å². The van der Waals surface area contributed by atoms with Crippen LogP contribution in [-0.4, -0.2) is 35.8 Å². The Hall–Kier alpha value is -2.24. The Morgan fingerprint density at radius 3 is 2.76 bits per heavy atom. The fourth-order valence-electron chi connectivity index (χ4n) is 4.86. The number of benzene rings is 2. The van der Waals surface area contributed by atoms with E-state index in [1.807, 2.05) is 36.4 Å². The molecule has 0 N–H and O–H groups in total. The van der Waals surface area contributed by atoms with Gasteiger partial charge in [-0.05, 0) is 26.0 Å². The van der Waals surface area contributed by atoms with E-state index in [0.29, 0.717) is 13.0 Å². The van der Waals surface area contributed by atoms with Crippen molar-refractivity contribution >= 4 is 17.3 Å². The number of fused-ring (bicyclic) bond motifs is 4. The van der Waals surface area contributed by atoms with E-state index >= 15 is 0 Å². The molecule has 1 saturated heterocycles. The lowest BCUT2D eigenvalue weighted by Gasteiger charge is -2.52. The fourth-order valence-corrected chi connectivity index (χ4v) is 5.11. The second-order valence-electron chi connectivity index (χ2n) is 8.55. The zero-order valence-corrected chi connectivity index (χ0v) is 17.7. The number of para-hydroxylation sites is 1. The van der Waals surface area contributed by atoms with Crippen molar-refractivity contribution in [2.75, 3.05) is 13.7 Å². The number of methoxy groups -OCH3 is 1. The molecular formula is C23H25ClN2O3. The largest absolute Gasteiger partial charge is 0.493 e. The highest BCUT2D eigenvalue weighted by molar-refractivity contribution is 6.34. The number of ether oxygens (including phenoxy) is 3. The summed E-state index contributed by atoms with van der Waals surface area (Å²) in [6, 6.07) is 14.1. The van der Waals surface area contributed by atoms with Crippen molar-refractivity contribution in [3.63, 3.8) is 0 Å². The molecule has 5 rings (SSSR count). The van der Waals surface area contributed by atoms with Crippen molar-refractivity contribution < 1.29 is 14.2 Å². The van der Waals surface area contributed by atoms with Crippen LogP contribution in [0.1, 0.15) is 50.3 Å². The topological polar surface area (TPSA) is 43.3 Å². The van der Waals surface area contributed by atoms with E-state index in [9.17, 15) is 0 Å². The lowest BCUT2D eigenvalue weighted by molar-refractivity contribution is -0.212. The van der Waals surface area contributed by atoms with Crippen LogP contribution >= 0.6 is 11.6 Å². The molecule has 0 aliphatic carbocycles. The molecule has 29 heavy (non-hydrogen) atoms. The van der Waals surface area contributed by atoms with Gasteiger partial charge in [-0.15, -0.1) is 0 Å². The first kappa shape index (κ1) is 18.8. The number of nitrogens with zero attached hydrogens (tertiary/aromatic N) is 2. The van der Waals surface area contributed by atoms with Gasteiger partial charge < -0.3 is 14.2 Å². The third-order valence-corrected chi connectivity index (χ3v) is 6.41. The summed E-state index contributed by atoms with van der Waals surface area (Å²) in [6.45, 7) is 4.84. The first-order valence-corrected chi connectivity index (χ1v) is 10.4. The summed E-state index contributed by atoms with van der Waals surface area (Å²) in [5.74, 6) is 1.58. The van der Waals surface area contributed by atoms with E-state index in [1.165, 1.54) is 0 Å². The molecule has 1 fully saturated rings. The van der Waals surface area contributed by atoms with Crippen LogP contribution in [0.15, 0.2) is 47.6 Å². The van der Waals surface area contributed by atoms with Crippen molar-refractivity contribution in [3.05, 3.63) is 58.6 Å². The van der Waals surface area contributed by atoms with E-state index in [-0.39, 0.29) is 11.6 Å². The van der Waals surface area contributed by atoms with Gasteiger partial charge >= 0.3 is 0 Å². The van der Waals surface area contributed by atoms with Crippen LogP contribution in [0.25, 0.3) is 0 Å². The Morgan fingerprint density at radius 1 is 1.17 bits per heavy atom. The molecule has 3 heterocycles. The predicted molar refractivity (Wildman–Crippen MR) is 113 cm³/mol. The molecule has 0 bridgehead atoms. The highest BCUT2D eigenvalue weighted by Crippen LogP contribution is 2.54. The van der Waals surface area contributed by atoms with E-state index in [2.05, 4.69) is 24.9 Å². The smallest absolute Gasteiger partial charge is 0.203 e. The number of hydrogen-bond acceptors (Lipinski definition) is 5. The molecule has 0 amide bonds. The Morgan fingerprint density at radius 2 is 2.00 bits per heavy atom. The summed E-state index contributed by atoms with van der Waals surface area (Å²) >= 11 is 6.50. The molecule has 5 nitrogen and oxygen atoms in total. The van der Waals surface area contributed by atoms with Crippen molar-refractivity contribution in [2.24, 2.45) is 5.10 Å². The van der Waals surface area contributed by atoms with Crippen LogP contribution < -0.4 is 9.47 Å². The van der Waals surface area contributed by atoms with Crippen LogP contribution in [0.3, 0.4) is 0 Å². The minimum absolute atomic E-state index is 0.0778. The molecule has 2 aromatic carbocycles. The quantitative estimate of drug-likeness (QED) is 0.681. The Kier molecular flexibility index (Phi) is 4.30. The average Bonchev–Trinajstić information content (AvgIpc) is 3.14. The Labute approximate surface area is 176 Å². The third kappa shape index (κ3) is 2.99. The zero-order chi connectivity index (χ0) is 20.2. The molecule has 0 saturated carbocycles. The molecule has 2 atom stereocenters. The van der Waals surface area contributed by atoms with E-state index in [4.69, 9.17) is 30.9 Å². The summed E-state index contributed by atoms with van der Waals surface area (Å²) in [6.07, 6.45) is 2.23. The fraction of sp³-hybridized carbons (Fsp3) is 0.435. The van der Waals surface area contributed by atoms with Crippen molar-refractivity contribution in [1.29, 1.82) is 0 Å². The van der Waals surface area contributed by atoms with Crippen molar-refractivity contribution in [2.45, 2.75) is 50.5 Å². The number of hydrogen-bond donors (Lipinski definition) is 0. The van der Waals surface area contributed by atoms with Gasteiger partial charge in [0.2, 0.25) is 5.72 Å². The van der Waals surface area contributed by atoms with Gasteiger partial charge in [0.05, 0.1) is 31.1 Å². The maximum absolute atomic E-state index is 6.73. The number of rotatable bonds is 2. The number of hydrazone groups is 1. The van der Waals surface area contributed by atoms with Crippen LogP contribution in [0, 0.1) is 0 Å². The Bertz CT molecular complexity index is 990. The van der Waals surface area contributed by atoms with E-state index in [0.717, 1.165) is 46.2 Å². The molecule has 152 valence electrons. The minimum atomic E-state index is -0.572. The molecule has 0 radical (unpaired) electrons. The molecular weight excluding hydrogens is 388 g/mol. The highest BCUT2D eigenvalue weighted by Gasteiger charge is 2.55. The third-order valence-electron chi connectivity index (χ3n) is 6.08. The number of halogens is 1. The van der Waals surface area contributed by atoms with Crippen molar-refractivity contribution in [3.8, 4) is 11.5 Å². The lowest BCUT2D eigenvalue weighted by atomic mass is 9.86. The second-order valence-corrected chi connectivity index (χ2v) is 8.96. The first-order chi connectivity index (χ1) is 13.9. The van der Waals surface area contributed by atoms with E-state index < -0.39 is 5.72 Å². The summed E-state index contributed by atoms with van der Waals surface area (Å²) in [4.78, 5) is 0. The van der Waals surface area contributed by atoms with E-state index in [1.54, 1.807) is 7.11 Å². The highest BCUT2D eigenvalue weighted by atomic mass is 35.5. The van der Waals surface area contributed by atoms with Gasteiger partial charge in [-0.1, -0.05) is 41.9 Å². The monoisotopic (exact) mass is 412 g/mol. The predicted octanol–water partition coefficient (Wildman–Crippen LogP) is 5.18. The summed E-state index contributed by atoms with van der Waals surface area (Å²) < 4.78 is 18.4. The molecule has 2 aromatic rings. The van der Waals surface area contributed by atoms with Crippen LogP contribution in [0.4, 0.5) is 0 Å². The zero-order valence-electron chi connectivity index (χ0n) is 16.9. The SMILES string of the molecule is COc1cccc2c1O[C@]1(CCOC(C)(C)C1)N1N=C(c3ccccc3Cl)C[C@H]21. The molecule has 0 unspecified atom stereocenters. The average molecular weight is 413 g/mol. The summed E-state index contributed by atoms with van der Waals surface area (Å²) in [5.41, 5.74) is 2.20. The van der Waals surface area contributed by atoms with Gasteiger partial charge in [0.1, 0.15) is 0 Å². The van der Waals surface area contributed by atoms with Gasteiger partial charge in [0.15, 0.2) is 11.5 Å². The van der Waals surface area contributed by atoms with Crippen LogP contribution in [-0.2, 0) is 4.74 Å². The van der Waals surface area contributed by atoms with Gasteiger partial charge in [0, 0.05) is 35.4 Å². The molecule has 1 spiro atoms. The summed E-state index contributed by atoms with van der Waals surface area (Å²) in [5, 5.41) is 7.97. The normalized spacial score (nSPS) is 27.1.